The third-order valence-electron chi connectivity index (χ3n) is 4.42. The SMILES string of the molecule is CCC/C(=N\Nc1nn[nH]n1)C(=O)N1CCC(c2ccccc2)CC1. The highest BCUT2D eigenvalue weighted by Gasteiger charge is 2.26. The Labute approximate surface area is 146 Å². The third-order valence-corrected chi connectivity index (χ3v) is 4.42. The summed E-state index contributed by atoms with van der Waals surface area (Å²) in [6, 6.07) is 10.5. The van der Waals surface area contributed by atoms with Gasteiger partial charge in [0.1, 0.15) is 5.71 Å². The van der Waals surface area contributed by atoms with E-state index in [1.54, 1.807) is 0 Å². The zero-order valence-electron chi connectivity index (χ0n) is 14.4. The standard InChI is InChI=1S/C17H23N7O/c1-2-6-15(18-19-17-20-22-23-21-17)16(25)24-11-9-14(10-12-24)13-7-4-3-5-8-13/h3-5,7-8,14H,2,6,9-12H2,1H3,(H2,19,20,21,22,23)/b18-15+. The maximum absolute atomic E-state index is 12.8. The molecule has 8 nitrogen and oxygen atoms in total. The van der Waals surface area contributed by atoms with Crippen LogP contribution in [0.4, 0.5) is 5.95 Å². The number of rotatable bonds is 6. The number of H-pyrrole nitrogens is 1. The van der Waals surface area contributed by atoms with Crippen molar-refractivity contribution < 1.29 is 4.79 Å². The van der Waals surface area contributed by atoms with Crippen molar-refractivity contribution in [3.05, 3.63) is 35.9 Å². The van der Waals surface area contributed by atoms with Gasteiger partial charge in [0.25, 0.3) is 11.9 Å². The topological polar surface area (TPSA) is 99.2 Å². The first kappa shape index (κ1) is 17.1. The minimum Gasteiger partial charge on any atom is -0.338 e. The summed E-state index contributed by atoms with van der Waals surface area (Å²) in [7, 11) is 0. The number of tetrazole rings is 1. The highest BCUT2D eigenvalue weighted by molar-refractivity contribution is 6.38. The smallest absolute Gasteiger partial charge is 0.283 e. The fourth-order valence-electron chi connectivity index (χ4n) is 3.10. The Morgan fingerprint density at radius 2 is 2.08 bits per heavy atom. The molecule has 0 radical (unpaired) electrons. The predicted molar refractivity (Wildman–Crippen MR) is 95.1 cm³/mol. The van der Waals surface area contributed by atoms with Crippen LogP contribution in [-0.2, 0) is 4.79 Å². The van der Waals surface area contributed by atoms with Crippen molar-refractivity contribution in [2.45, 2.75) is 38.5 Å². The number of piperidine rings is 1. The van der Waals surface area contributed by atoms with E-state index >= 15 is 0 Å². The third kappa shape index (κ3) is 4.40. The second-order valence-electron chi connectivity index (χ2n) is 6.13. The van der Waals surface area contributed by atoms with Crippen LogP contribution in [0, 0.1) is 0 Å². The number of nitrogens with zero attached hydrogens (tertiary/aromatic N) is 5. The Kier molecular flexibility index (Phi) is 5.71. The van der Waals surface area contributed by atoms with Crippen molar-refractivity contribution in [1.82, 2.24) is 25.5 Å². The average molecular weight is 341 g/mol. The van der Waals surface area contributed by atoms with E-state index in [2.05, 4.69) is 55.4 Å². The first-order valence-corrected chi connectivity index (χ1v) is 8.68. The van der Waals surface area contributed by atoms with Gasteiger partial charge in [-0.15, -0.1) is 5.10 Å². The molecule has 3 rings (SSSR count). The highest BCUT2D eigenvalue weighted by atomic mass is 16.2. The van der Waals surface area contributed by atoms with Crippen LogP contribution in [0.25, 0.3) is 0 Å². The Balaban J connectivity index is 1.60. The van der Waals surface area contributed by atoms with E-state index in [9.17, 15) is 4.79 Å². The van der Waals surface area contributed by atoms with Crippen LogP contribution in [0.5, 0.6) is 0 Å². The quantitative estimate of drug-likeness (QED) is 0.620. The van der Waals surface area contributed by atoms with Crippen molar-refractivity contribution in [2.24, 2.45) is 5.10 Å². The number of amides is 1. The maximum atomic E-state index is 12.8. The molecular weight excluding hydrogens is 318 g/mol. The predicted octanol–water partition coefficient (Wildman–Crippen LogP) is 2.17. The second kappa shape index (κ2) is 8.36. The minimum atomic E-state index is -0.00986. The van der Waals surface area contributed by atoms with Gasteiger partial charge in [-0.1, -0.05) is 48.8 Å². The van der Waals surface area contributed by atoms with E-state index in [1.807, 2.05) is 17.9 Å². The van der Waals surface area contributed by atoms with Crippen LogP contribution in [0.15, 0.2) is 35.4 Å². The van der Waals surface area contributed by atoms with Crippen LogP contribution in [0.1, 0.15) is 44.1 Å². The number of aromatic amines is 1. The number of anilines is 1. The summed E-state index contributed by atoms with van der Waals surface area (Å²) >= 11 is 0. The largest absolute Gasteiger partial charge is 0.338 e. The molecule has 1 aromatic carbocycles. The molecule has 0 unspecified atom stereocenters. The molecule has 2 aromatic rings. The highest BCUT2D eigenvalue weighted by Crippen LogP contribution is 2.27. The zero-order valence-corrected chi connectivity index (χ0v) is 14.4. The summed E-state index contributed by atoms with van der Waals surface area (Å²) < 4.78 is 0. The van der Waals surface area contributed by atoms with E-state index in [4.69, 9.17) is 0 Å². The average Bonchev–Trinajstić information content (AvgIpc) is 3.19. The van der Waals surface area contributed by atoms with Gasteiger partial charge in [-0.25, -0.2) is 5.43 Å². The lowest BCUT2D eigenvalue weighted by molar-refractivity contribution is -0.125. The summed E-state index contributed by atoms with van der Waals surface area (Å²) in [5.74, 6) is 0.766. The molecule has 2 N–H and O–H groups in total. The molecule has 0 bridgehead atoms. The molecule has 2 heterocycles. The monoisotopic (exact) mass is 341 g/mol. The van der Waals surface area contributed by atoms with E-state index in [-0.39, 0.29) is 11.9 Å². The van der Waals surface area contributed by atoms with Crippen molar-refractivity contribution in [2.75, 3.05) is 18.5 Å². The summed E-state index contributed by atoms with van der Waals surface area (Å²) in [4.78, 5) is 14.7. The van der Waals surface area contributed by atoms with Gasteiger partial charge >= 0.3 is 0 Å². The molecule has 0 saturated carbocycles. The van der Waals surface area contributed by atoms with Crippen LogP contribution >= 0.6 is 0 Å². The molecule has 1 aromatic heterocycles. The van der Waals surface area contributed by atoms with E-state index in [1.165, 1.54) is 5.56 Å². The number of carbonyl (C=O) groups is 1. The first-order chi connectivity index (χ1) is 12.3. The second-order valence-corrected chi connectivity index (χ2v) is 6.13. The number of hydrazone groups is 1. The van der Waals surface area contributed by atoms with Crippen LogP contribution in [0.2, 0.25) is 0 Å². The number of benzene rings is 1. The number of nitrogens with one attached hydrogen (secondary N) is 2. The molecule has 1 aliphatic rings. The fraction of sp³-hybridized carbons (Fsp3) is 0.471. The summed E-state index contributed by atoms with van der Waals surface area (Å²) in [5.41, 5.74) is 4.55. The van der Waals surface area contributed by atoms with E-state index in [0.29, 0.717) is 18.1 Å². The van der Waals surface area contributed by atoms with Crippen LogP contribution in [-0.4, -0.2) is 50.2 Å². The molecule has 1 saturated heterocycles. The van der Waals surface area contributed by atoms with E-state index in [0.717, 1.165) is 32.4 Å². The lowest BCUT2D eigenvalue weighted by Crippen LogP contribution is -2.42. The van der Waals surface area contributed by atoms with Crippen molar-refractivity contribution in [3.8, 4) is 0 Å². The van der Waals surface area contributed by atoms with Crippen molar-refractivity contribution >= 4 is 17.6 Å². The molecule has 0 spiro atoms. The zero-order chi connectivity index (χ0) is 17.5. The minimum absolute atomic E-state index is 0.00986. The number of hydrogen-bond acceptors (Lipinski definition) is 6. The molecule has 0 atom stereocenters. The molecule has 1 amide bonds. The number of carbonyl (C=O) groups excluding carboxylic acids is 1. The summed E-state index contributed by atoms with van der Waals surface area (Å²) in [6.07, 6.45) is 3.42. The molecule has 132 valence electrons. The van der Waals surface area contributed by atoms with Crippen molar-refractivity contribution in [1.29, 1.82) is 0 Å². The number of likely N-dealkylation sites (tertiary alicyclic amines) is 1. The van der Waals surface area contributed by atoms with Gasteiger partial charge in [-0.3, -0.25) is 4.79 Å². The van der Waals surface area contributed by atoms with Crippen LogP contribution in [0.3, 0.4) is 0 Å². The normalized spacial score (nSPS) is 16.0. The van der Waals surface area contributed by atoms with Gasteiger partial charge in [0.15, 0.2) is 0 Å². The van der Waals surface area contributed by atoms with Gasteiger partial charge in [-0.05, 0) is 36.0 Å². The van der Waals surface area contributed by atoms with E-state index < -0.39 is 0 Å². The van der Waals surface area contributed by atoms with Gasteiger partial charge in [0, 0.05) is 13.1 Å². The molecule has 25 heavy (non-hydrogen) atoms. The number of aromatic nitrogens is 4. The molecule has 0 aliphatic carbocycles. The first-order valence-electron chi connectivity index (χ1n) is 8.68. The molecular formula is C17H23N7O. The van der Waals surface area contributed by atoms with Gasteiger partial charge < -0.3 is 4.90 Å². The van der Waals surface area contributed by atoms with Gasteiger partial charge in [0.05, 0.1) is 0 Å². The Hall–Kier alpha value is -2.77. The molecule has 1 aliphatic heterocycles. The fourth-order valence-corrected chi connectivity index (χ4v) is 3.10. The lowest BCUT2D eigenvalue weighted by Gasteiger charge is -2.32. The maximum Gasteiger partial charge on any atom is 0.283 e. The Morgan fingerprint density at radius 1 is 1.32 bits per heavy atom. The van der Waals surface area contributed by atoms with Crippen molar-refractivity contribution in [3.63, 3.8) is 0 Å². The Bertz CT molecular complexity index is 691. The molecule has 1 fully saturated rings. The van der Waals surface area contributed by atoms with Gasteiger partial charge in [0.2, 0.25) is 0 Å². The van der Waals surface area contributed by atoms with Gasteiger partial charge in [-0.2, -0.15) is 10.3 Å². The number of hydrogen-bond donors (Lipinski definition) is 2. The van der Waals surface area contributed by atoms with Crippen LogP contribution < -0.4 is 5.43 Å². The molecule has 8 heteroatoms. The Morgan fingerprint density at radius 3 is 2.72 bits per heavy atom. The summed E-state index contributed by atoms with van der Waals surface area (Å²) in [5, 5.41) is 17.5. The summed E-state index contributed by atoms with van der Waals surface area (Å²) in [6.45, 7) is 3.53. The lowest BCUT2D eigenvalue weighted by atomic mass is 9.89.